The summed E-state index contributed by atoms with van der Waals surface area (Å²) in [6.07, 6.45) is 2.18. The summed E-state index contributed by atoms with van der Waals surface area (Å²) in [4.78, 5) is 18.9. The molecule has 1 aromatic heterocycles. The third-order valence-corrected chi connectivity index (χ3v) is 10.9. The Hall–Kier alpha value is -4.42. The van der Waals surface area contributed by atoms with Crippen molar-refractivity contribution in [2.45, 2.75) is 57.0 Å². The molecular formula is C37H45N7O2. The highest BCUT2D eigenvalue weighted by molar-refractivity contribution is 5.94. The Morgan fingerprint density at radius 3 is 2.26 bits per heavy atom. The maximum Gasteiger partial charge on any atom is 0.253 e. The van der Waals surface area contributed by atoms with Crippen LogP contribution in [-0.2, 0) is 18.3 Å². The molecule has 1 N–H and O–H groups in total. The lowest BCUT2D eigenvalue weighted by Crippen LogP contribution is -2.56. The molecule has 9 heteroatoms. The van der Waals surface area contributed by atoms with Crippen LogP contribution >= 0.6 is 0 Å². The molecule has 0 radical (unpaired) electrons. The van der Waals surface area contributed by atoms with Gasteiger partial charge in [0, 0.05) is 70.1 Å². The molecule has 1 saturated carbocycles. The molecule has 240 valence electrons. The first-order chi connectivity index (χ1) is 21.9. The Bertz CT molecular complexity index is 1690. The maximum absolute atomic E-state index is 13.1. The van der Waals surface area contributed by atoms with E-state index in [0.29, 0.717) is 48.7 Å². The van der Waals surface area contributed by atoms with E-state index in [2.05, 4.69) is 77.8 Å². The number of aryl methyl sites for hydroxylation is 3. The summed E-state index contributed by atoms with van der Waals surface area (Å²) in [5.74, 6) is 1.93. The monoisotopic (exact) mass is 619 g/mol. The van der Waals surface area contributed by atoms with Gasteiger partial charge in [-0.1, -0.05) is 38.3 Å². The molecule has 2 aromatic carbocycles. The van der Waals surface area contributed by atoms with Gasteiger partial charge in [-0.2, -0.15) is 5.26 Å². The Morgan fingerprint density at radius 1 is 1.07 bits per heavy atom. The van der Waals surface area contributed by atoms with Crippen LogP contribution < -0.4 is 5.32 Å². The highest BCUT2D eigenvalue weighted by atomic mass is 16.4. The van der Waals surface area contributed by atoms with Crippen molar-refractivity contribution >= 4 is 11.6 Å². The number of carbonyl (C=O) groups is 1. The molecule has 2 heterocycles. The first kappa shape index (κ1) is 31.6. The quantitative estimate of drug-likeness (QED) is 0.324. The molecule has 1 amide bonds. The molecule has 0 spiro atoms. The second kappa shape index (κ2) is 11.4. The van der Waals surface area contributed by atoms with Gasteiger partial charge in [-0.25, -0.2) is 0 Å². The van der Waals surface area contributed by atoms with E-state index in [9.17, 15) is 10.1 Å². The predicted octanol–water partition coefficient (Wildman–Crippen LogP) is 4.77. The number of rotatable bonds is 10. The molecule has 2 fully saturated rings. The van der Waals surface area contributed by atoms with E-state index in [4.69, 9.17) is 4.42 Å². The Labute approximate surface area is 272 Å². The van der Waals surface area contributed by atoms with Gasteiger partial charge in [-0.15, -0.1) is 10.2 Å². The number of fused-ring (bicyclic) bond motifs is 3. The lowest BCUT2D eigenvalue weighted by atomic mass is 9.69. The van der Waals surface area contributed by atoms with Crippen molar-refractivity contribution < 1.29 is 9.21 Å². The van der Waals surface area contributed by atoms with Gasteiger partial charge in [-0.3, -0.25) is 4.79 Å². The van der Waals surface area contributed by atoms with Crippen LogP contribution in [0.4, 0.5) is 0 Å². The zero-order valence-electron chi connectivity index (χ0n) is 28.1. The van der Waals surface area contributed by atoms with E-state index < -0.39 is 5.41 Å². The molecule has 1 aliphatic heterocycles. The minimum atomic E-state index is -0.761. The van der Waals surface area contributed by atoms with Gasteiger partial charge < -0.3 is 24.4 Å². The standard InChI is InChI=1S/C37H45N7O2/c1-22(44-32(20-38)33-23(2)36(33,44)5)21-39-17-16-37(35-41-40-25(4)46-35)30-14-12-26(24(3)42(6)7)18-27(30)10-11-28-19-29(13-15-31(28)37)34(45)43(8)9/h12-15,18-19,23,32-33,39H,1,3,10-11,16-17,21H2,2,4-9H3/t23-,32?,33?,36-,37?/m1/s1. The number of nitriles is 1. The highest BCUT2D eigenvalue weighted by Gasteiger charge is 2.76. The van der Waals surface area contributed by atoms with Crippen molar-refractivity contribution in [3.63, 3.8) is 0 Å². The van der Waals surface area contributed by atoms with Crippen LogP contribution in [0, 0.1) is 30.1 Å². The largest absolute Gasteiger partial charge is 0.424 e. The number of hydrogen-bond donors (Lipinski definition) is 1. The number of nitrogens with zero attached hydrogens (tertiary/aromatic N) is 6. The number of benzene rings is 2. The van der Waals surface area contributed by atoms with E-state index in [1.807, 2.05) is 38.1 Å². The molecule has 6 rings (SSSR count). The van der Waals surface area contributed by atoms with Crippen LogP contribution in [-0.4, -0.2) is 83.7 Å². The average molecular weight is 620 g/mol. The third kappa shape index (κ3) is 4.73. The Balaban J connectivity index is 1.40. The number of nitrogens with one attached hydrogen (secondary N) is 1. The second-order valence-electron chi connectivity index (χ2n) is 13.8. The normalized spacial score (nSPS) is 25.6. The summed E-state index contributed by atoms with van der Waals surface area (Å²) in [6.45, 7) is 16.2. The lowest BCUT2D eigenvalue weighted by molar-refractivity contribution is 0.0827. The first-order valence-electron chi connectivity index (χ1n) is 16.1. The summed E-state index contributed by atoms with van der Waals surface area (Å²) in [5.41, 5.74) is 7.34. The average Bonchev–Trinajstić information content (AvgIpc) is 3.26. The third-order valence-electron chi connectivity index (χ3n) is 10.9. The van der Waals surface area contributed by atoms with Crippen LogP contribution in [0.2, 0.25) is 0 Å². The molecule has 5 atom stereocenters. The van der Waals surface area contributed by atoms with E-state index in [-0.39, 0.29) is 17.5 Å². The lowest BCUT2D eigenvalue weighted by Gasteiger charge is -2.46. The minimum Gasteiger partial charge on any atom is -0.424 e. The minimum absolute atomic E-state index is 0.0314. The van der Waals surface area contributed by atoms with Gasteiger partial charge in [0.2, 0.25) is 11.8 Å². The van der Waals surface area contributed by atoms with Crippen molar-refractivity contribution in [3.05, 3.63) is 100 Å². The van der Waals surface area contributed by atoms with Crippen molar-refractivity contribution in [1.29, 1.82) is 5.26 Å². The summed E-state index contributed by atoms with van der Waals surface area (Å²) in [6, 6.07) is 15.0. The molecular weight excluding hydrogens is 574 g/mol. The van der Waals surface area contributed by atoms with Gasteiger partial charge in [0.1, 0.15) is 11.5 Å². The van der Waals surface area contributed by atoms with Gasteiger partial charge in [0.15, 0.2) is 0 Å². The molecule has 46 heavy (non-hydrogen) atoms. The van der Waals surface area contributed by atoms with E-state index in [0.717, 1.165) is 46.5 Å². The maximum atomic E-state index is 13.1. The Morgan fingerprint density at radius 2 is 1.70 bits per heavy atom. The fraction of sp³-hybridized carbons (Fsp3) is 0.459. The van der Waals surface area contributed by atoms with Crippen LogP contribution in [0.1, 0.15) is 70.2 Å². The summed E-state index contributed by atoms with van der Waals surface area (Å²) < 4.78 is 6.33. The highest BCUT2D eigenvalue weighted by Crippen LogP contribution is 2.67. The number of aromatic nitrogens is 2. The zero-order chi connectivity index (χ0) is 33.1. The van der Waals surface area contributed by atoms with Gasteiger partial charge in [0.05, 0.1) is 6.07 Å². The molecule has 2 aliphatic carbocycles. The van der Waals surface area contributed by atoms with Gasteiger partial charge >= 0.3 is 0 Å². The van der Waals surface area contributed by atoms with E-state index >= 15 is 0 Å². The molecule has 9 nitrogen and oxygen atoms in total. The number of carbonyl (C=O) groups excluding carboxylic acids is 1. The number of hydrogen-bond acceptors (Lipinski definition) is 8. The summed E-state index contributed by atoms with van der Waals surface area (Å²) in [7, 11) is 7.55. The topological polar surface area (TPSA) is 102 Å². The van der Waals surface area contributed by atoms with Crippen molar-refractivity contribution in [3.8, 4) is 6.07 Å². The smallest absolute Gasteiger partial charge is 0.253 e. The fourth-order valence-electron chi connectivity index (χ4n) is 8.12. The molecule has 3 aliphatic rings. The summed E-state index contributed by atoms with van der Waals surface area (Å²) in [5, 5.41) is 22.4. The van der Waals surface area contributed by atoms with E-state index in [1.54, 1.807) is 19.0 Å². The second-order valence-corrected chi connectivity index (χ2v) is 13.8. The molecule has 3 unspecified atom stereocenters. The fourth-order valence-corrected chi connectivity index (χ4v) is 8.12. The predicted molar refractivity (Wildman–Crippen MR) is 179 cm³/mol. The van der Waals surface area contributed by atoms with Gasteiger partial charge in [-0.05, 0) is 84.7 Å². The molecule has 3 aromatic rings. The van der Waals surface area contributed by atoms with Crippen LogP contribution in [0.25, 0.3) is 5.70 Å². The zero-order valence-corrected chi connectivity index (χ0v) is 28.1. The van der Waals surface area contributed by atoms with Gasteiger partial charge in [0.25, 0.3) is 5.91 Å². The van der Waals surface area contributed by atoms with Crippen LogP contribution in [0.3, 0.4) is 0 Å². The number of likely N-dealkylation sites (tertiary alicyclic amines) is 1. The molecule has 1 saturated heterocycles. The number of amides is 1. The van der Waals surface area contributed by atoms with E-state index in [1.165, 1.54) is 5.56 Å². The van der Waals surface area contributed by atoms with Crippen LogP contribution in [0.5, 0.6) is 0 Å². The molecule has 0 bridgehead atoms. The van der Waals surface area contributed by atoms with Crippen molar-refractivity contribution in [1.82, 2.24) is 30.2 Å². The first-order valence-corrected chi connectivity index (χ1v) is 16.1. The summed E-state index contributed by atoms with van der Waals surface area (Å²) >= 11 is 0. The van der Waals surface area contributed by atoms with Crippen molar-refractivity contribution in [2.75, 3.05) is 41.3 Å². The van der Waals surface area contributed by atoms with Crippen LogP contribution in [0.15, 0.2) is 59.7 Å². The Kier molecular flexibility index (Phi) is 7.84. The van der Waals surface area contributed by atoms with Crippen molar-refractivity contribution in [2.24, 2.45) is 11.8 Å². The SMILES string of the molecule is C=C(c1ccc2c(c1)CCc1cc(C(=O)N(C)C)ccc1C2(CCNCC(=C)N1C(C#N)C2[C@@H](C)[C@]21C)c1nnc(C)o1)N(C)C.